The minimum absolute atomic E-state index is 0.238. The van der Waals surface area contributed by atoms with Crippen molar-refractivity contribution in [1.82, 2.24) is 4.98 Å². The number of H-pyrrole nitrogens is 1. The van der Waals surface area contributed by atoms with E-state index >= 15 is 0 Å². The van der Waals surface area contributed by atoms with Gasteiger partial charge >= 0.3 is 5.97 Å². The standard InChI is InChI=1S/C15H13NO3/c17-14-12(15(18)19)7-8-13(16-14)11-5-3-10(4-6-11)9-1-2-9/h3-9H,1-2H2,(H,16,17)(H,18,19). The van der Waals surface area contributed by atoms with E-state index in [0.717, 1.165) is 5.56 Å². The van der Waals surface area contributed by atoms with Crippen LogP contribution in [-0.2, 0) is 0 Å². The summed E-state index contributed by atoms with van der Waals surface area (Å²) in [7, 11) is 0. The SMILES string of the molecule is O=C(O)c1ccc(-c2ccc(C3CC3)cc2)[nH]c1=O. The first-order chi connectivity index (χ1) is 9.15. The van der Waals surface area contributed by atoms with Crippen LogP contribution in [0.25, 0.3) is 11.3 Å². The number of pyridine rings is 1. The Morgan fingerprint density at radius 3 is 2.32 bits per heavy atom. The molecule has 1 heterocycles. The number of aromatic carboxylic acids is 1. The monoisotopic (exact) mass is 255 g/mol. The highest BCUT2D eigenvalue weighted by atomic mass is 16.4. The molecule has 0 radical (unpaired) electrons. The zero-order chi connectivity index (χ0) is 13.4. The molecule has 96 valence electrons. The Bertz CT molecular complexity index is 681. The summed E-state index contributed by atoms with van der Waals surface area (Å²) in [5.41, 5.74) is 2.04. The number of aromatic amines is 1. The Kier molecular flexibility index (Phi) is 2.71. The maximum Gasteiger partial charge on any atom is 0.341 e. The molecule has 1 aliphatic carbocycles. The van der Waals surface area contributed by atoms with Gasteiger partial charge in [0, 0.05) is 5.69 Å². The third-order valence-corrected chi connectivity index (χ3v) is 3.41. The molecule has 4 heteroatoms. The Morgan fingerprint density at radius 1 is 1.11 bits per heavy atom. The van der Waals surface area contributed by atoms with Gasteiger partial charge in [-0.1, -0.05) is 24.3 Å². The fraction of sp³-hybridized carbons (Fsp3) is 0.200. The highest BCUT2D eigenvalue weighted by Crippen LogP contribution is 2.40. The lowest BCUT2D eigenvalue weighted by atomic mass is 10.1. The largest absolute Gasteiger partial charge is 0.477 e. The third kappa shape index (κ3) is 2.29. The molecule has 0 atom stereocenters. The number of aromatic nitrogens is 1. The van der Waals surface area contributed by atoms with Crippen LogP contribution in [0.5, 0.6) is 0 Å². The topological polar surface area (TPSA) is 70.2 Å². The van der Waals surface area contributed by atoms with E-state index in [1.807, 2.05) is 12.1 Å². The van der Waals surface area contributed by atoms with Gasteiger partial charge in [0.1, 0.15) is 5.56 Å². The molecule has 1 fully saturated rings. The first-order valence-corrected chi connectivity index (χ1v) is 6.22. The maximum absolute atomic E-state index is 11.6. The van der Waals surface area contributed by atoms with E-state index in [2.05, 4.69) is 17.1 Å². The summed E-state index contributed by atoms with van der Waals surface area (Å²) in [5.74, 6) is -0.514. The Labute approximate surface area is 109 Å². The van der Waals surface area contributed by atoms with E-state index in [0.29, 0.717) is 11.6 Å². The number of carboxylic acid groups (broad SMARTS) is 1. The van der Waals surface area contributed by atoms with Gasteiger partial charge in [0.15, 0.2) is 0 Å². The summed E-state index contributed by atoms with van der Waals surface area (Å²) in [4.78, 5) is 25.0. The lowest BCUT2D eigenvalue weighted by Gasteiger charge is -2.04. The van der Waals surface area contributed by atoms with Gasteiger partial charge in [-0.25, -0.2) is 4.79 Å². The number of carbonyl (C=O) groups is 1. The van der Waals surface area contributed by atoms with Crippen LogP contribution in [0, 0.1) is 0 Å². The number of rotatable bonds is 3. The second kappa shape index (κ2) is 4.39. The molecule has 2 aromatic rings. The molecular formula is C15H13NO3. The van der Waals surface area contributed by atoms with E-state index in [-0.39, 0.29) is 5.56 Å². The number of carboxylic acids is 1. The Hall–Kier alpha value is -2.36. The highest BCUT2D eigenvalue weighted by Gasteiger charge is 2.23. The summed E-state index contributed by atoms with van der Waals surface area (Å²) in [5, 5.41) is 8.81. The molecule has 19 heavy (non-hydrogen) atoms. The number of hydrogen-bond acceptors (Lipinski definition) is 2. The van der Waals surface area contributed by atoms with Crippen LogP contribution in [0.1, 0.15) is 34.7 Å². The first-order valence-electron chi connectivity index (χ1n) is 6.22. The van der Waals surface area contributed by atoms with E-state index in [1.165, 1.54) is 24.5 Å². The van der Waals surface area contributed by atoms with Gasteiger partial charge in [-0.05, 0) is 42.0 Å². The molecule has 1 aromatic heterocycles. The maximum atomic E-state index is 11.6. The van der Waals surface area contributed by atoms with Crippen molar-refractivity contribution in [2.75, 3.05) is 0 Å². The molecule has 2 N–H and O–H groups in total. The molecule has 0 saturated heterocycles. The second-order valence-electron chi connectivity index (χ2n) is 4.82. The van der Waals surface area contributed by atoms with Crippen LogP contribution in [0.2, 0.25) is 0 Å². The average Bonchev–Trinajstić information content (AvgIpc) is 3.22. The molecule has 1 aliphatic rings. The number of nitrogens with one attached hydrogen (secondary N) is 1. The molecule has 3 rings (SSSR count). The minimum Gasteiger partial charge on any atom is -0.477 e. The smallest absolute Gasteiger partial charge is 0.341 e. The van der Waals surface area contributed by atoms with Crippen LogP contribution in [0.15, 0.2) is 41.2 Å². The van der Waals surface area contributed by atoms with E-state index in [9.17, 15) is 9.59 Å². The fourth-order valence-corrected chi connectivity index (χ4v) is 2.16. The highest BCUT2D eigenvalue weighted by molar-refractivity contribution is 5.87. The molecular weight excluding hydrogens is 242 g/mol. The molecule has 0 bridgehead atoms. The predicted molar refractivity (Wildman–Crippen MR) is 71.4 cm³/mol. The predicted octanol–water partition coefficient (Wildman–Crippen LogP) is 2.62. The van der Waals surface area contributed by atoms with Gasteiger partial charge in [-0.15, -0.1) is 0 Å². The van der Waals surface area contributed by atoms with Crippen LogP contribution in [-0.4, -0.2) is 16.1 Å². The zero-order valence-corrected chi connectivity index (χ0v) is 10.2. The van der Waals surface area contributed by atoms with E-state index in [4.69, 9.17) is 5.11 Å². The lowest BCUT2D eigenvalue weighted by molar-refractivity contribution is 0.0695. The Balaban J connectivity index is 1.95. The summed E-state index contributed by atoms with van der Waals surface area (Å²) >= 11 is 0. The molecule has 1 saturated carbocycles. The Morgan fingerprint density at radius 2 is 1.79 bits per heavy atom. The first kappa shape index (κ1) is 11.7. The summed E-state index contributed by atoms with van der Waals surface area (Å²) in [6.45, 7) is 0. The number of benzene rings is 1. The van der Waals surface area contributed by atoms with Gasteiger partial charge < -0.3 is 10.1 Å². The van der Waals surface area contributed by atoms with Crippen LogP contribution >= 0.6 is 0 Å². The fourth-order valence-electron chi connectivity index (χ4n) is 2.16. The van der Waals surface area contributed by atoms with Crippen molar-refractivity contribution in [2.24, 2.45) is 0 Å². The van der Waals surface area contributed by atoms with Crippen LogP contribution in [0.3, 0.4) is 0 Å². The lowest BCUT2D eigenvalue weighted by Crippen LogP contribution is -2.17. The van der Waals surface area contributed by atoms with Gasteiger partial charge in [0.05, 0.1) is 0 Å². The van der Waals surface area contributed by atoms with Crippen molar-refractivity contribution in [3.63, 3.8) is 0 Å². The van der Waals surface area contributed by atoms with Crippen molar-refractivity contribution in [3.05, 3.63) is 57.9 Å². The van der Waals surface area contributed by atoms with Gasteiger partial charge in [0.2, 0.25) is 0 Å². The van der Waals surface area contributed by atoms with Crippen molar-refractivity contribution >= 4 is 5.97 Å². The van der Waals surface area contributed by atoms with Crippen molar-refractivity contribution in [3.8, 4) is 11.3 Å². The van der Waals surface area contributed by atoms with Crippen molar-refractivity contribution < 1.29 is 9.90 Å². The summed E-state index contributed by atoms with van der Waals surface area (Å²) in [6, 6.07) is 11.0. The average molecular weight is 255 g/mol. The van der Waals surface area contributed by atoms with E-state index in [1.54, 1.807) is 6.07 Å². The molecule has 1 aromatic carbocycles. The molecule has 4 nitrogen and oxygen atoms in total. The number of hydrogen-bond donors (Lipinski definition) is 2. The van der Waals surface area contributed by atoms with Crippen molar-refractivity contribution in [1.29, 1.82) is 0 Å². The third-order valence-electron chi connectivity index (χ3n) is 3.41. The normalized spacial score (nSPS) is 14.3. The van der Waals surface area contributed by atoms with Crippen molar-refractivity contribution in [2.45, 2.75) is 18.8 Å². The van der Waals surface area contributed by atoms with Gasteiger partial charge in [-0.3, -0.25) is 4.79 Å². The van der Waals surface area contributed by atoms with Gasteiger partial charge in [-0.2, -0.15) is 0 Å². The van der Waals surface area contributed by atoms with E-state index < -0.39 is 11.5 Å². The minimum atomic E-state index is -1.21. The molecule has 0 unspecified atom stereocenters. The molecule has 0 spiro atoms. The summed E-state index contributed by atoms with van der Waals surface area (Å²) < 4.78 is 0. The quantitative estimate of drug-likeness (QED) is 0.885. The molecule has 0 amide bonds. The zero-order valence-electron chi connectivity index (χ0n) is 10.2. The molecule has 0 aliphatic heterocycles. The van der Waals surface area contributed by atoms with Gasteiger partial charge in [0.25, 0.3) is 5.56 Å². The van der Waals surface area contributed by atoms with Crippen LogP contribution in [0.4, 0.5) is 0 Å². The van der Waals surface area contributed by atoms with Crippen LogP contribution < -0.4 is 5.56 Å². The second-order valence-corrected chi connectivity index (χ2v) is 4.82. The summed E-state index contributed by atoms with van der Waals surface area (Å²) in [6.07, 6.45) is 2.51.